The molecule has 0 aliphatic carbocycles. The number of hydrogen-bond acceptors (Lipinski definition) is 2. The average Bonchev–Trinajstić information content (AvgIpc) is 2.01. The number of phenolic OH excluding ortho intramolecular Hbond substituents is 1. The fourth-order valence-electron chi connectivity index (χ4n) is 1.71. The van der Waals surface area contributed by atoms with Crippen LogP contribution in [-0.4, -0.2) is 10.1 Å². The summed E-state index contributed by atoms with van der Waals surface area (Å²) in [6.45, 7) is 3.99. The van der Waals surface area contributed by atoms with Crippen LogP contribution in [-0.2, 0) is 0 Å². The van der Waals surface area contributed by atoms with Crippen molar-refractivity contribution in [2.45, 2.75) is 26.2 Å². The first-order valence-corrected chi connectivity index (χ1v) is 5.00. The summed E-state index contributed by atoms with van der Waals surface area (Å²) in [5.41, 5.74) is 7.50. The molecule has 14 heavy (non-hydrogen) atoms. The zero-order valence-corrected chi connectivity index (χ0v) is 9.27. The van der Waals surface area contributed by atoms with Crippen molar-refractivity contribution in [1.29, 1.82) is 0 Å². The molecule has 3 N–H and O–H groups in total. The summed E-state index contributed by atoms with van der Waals surface area (Å²) in [4.78, 5) is 0.486. The maximum Gasteiger partial charge on any atom is 0.119 e. The van der Waals surface area contributed by atoms with Gasteiger partial charge in [0.25, 0.3) is 0 Å². The van der Waals surface area contributed by atoms with Gasteiger partial charge < -0.3 is 10.8 Å². The molecule has 0 aliphatic heterocycles. The number of nitrogens with two attached hydrogens (primary N) is 1. The van der Waals surface area contributed by atoms with E-state index < -0.39 is 0 Å². The highest BCUT2D eigenvalue weighted by molar-refractivity contribution is 7.80. The van der Waals surface area contributed by atoms with Crippen LogP contribution >= 0.6 is 12.2 Å². The second-order valence-electron chi connectivity index (χ2n) is 3.58. The molecule has 1 aromatic carbocycles. The molecular weight excluding hydrogens is 194 g/mol. The van der Waals surface area contributed by atoms with Crippen LogP contribution < -0.4 is 5.73 Å². The van der Waals surface area contributed by atoms with Gasteiger partial charge in [-0.15, -0.1) is 0 Å². The van der Waals surface area contributed by atoms with Gasteiger partial charge in [0.05, 0.1) is 4.99 Å². The van der Waals surface area contributed by atoms with Crippen molar-refractivity contribution in [2.75, 3.05) is 0 Å². The largest absolute Gasteiger partial charge is 0.508 e. The number of benzene rings is 1. The molecule has 0 saturated heterocycles. The first kappa shape index (κ1) is 11.0. The molecular formula is C11H15NOS. The van der Waals surface area contributed by atoms with E-state index in [4.69, 9.17) is 18.0 Å². The van der Waals surface area contributed by atoms with Gasteiger partial charge in [0.15, 0.2) is 0 Å². The van der Waals surface area contributed by atoms with Gasteiger partial charge in [-0.2, -0.15) is 0 Å². The Hall–Kier alpha value is -1.09. The van der Waals surface area contributed by atoms with E-state index in [0.717, 1.165) is 11.1 Å². The van der Waals surface area contributed by atoms with Crippen molar-refractivity contribution in [3.8, 4) is 5.75 Å². The maximum absolute atomic E-state index is 9.69. The third-order valence-corrected chi connectivity index (χ3v) is 2.47. The lowest BCUT2D eigenvalue weighted by molar-refractivity contribution is 0.463. The van der Waals surface area contributed by atoms with Crippen LogP contribution in [0.15, 0.2) is 18.2 Å². The van der Waals surface area contributed by atoms with Crippen molar-refractivity contribution in [1.82, 2.24) is 0 Å². The zero-order valence-electron chi connectivity index (χ0n) is 8.45. The Morgan fingerprint density at radius 1 is 1.57 bits per heavy atom. The normalized spacial score (nSPS) is 12.4. The van der Waals surface area contributed by atoms with E-state index in [1.165, 1.54) is 0 Å². The molecule has 0 spiro atoms. The van der Waals surface area contributed by atoms with Gasteiger partial charge in [0.2, 0.25) is 0 Å². The first-order chi connectivity index (χ1) is 6.52. The van der Waals surface area contributed by atoms with Crippen LogP contribution in [0.25, 0.3) is 0 Å². The Labute approximate surface area is 89.7 Å². The smallest absolute Gasteiger partial charge is 0.119 e. The topological polar surface area (TPSA) is 46.2 Å². The summed E-state index contributed by atoms with van der Waals surface area (Å²) in [5, 5.41) is 9.69. The highest BCUT2D eigenvalue weighted by atomic mass is 32.1. The van der Waals surface area contributed by atoms with Gasteiger partial charge in [-0.1, -0.05) is 31.3 Å². The lowest BCUT2D eigenvalue weighted by atomic mass is 9.93. The molecule has 0 amide bonds. The van der Waals surface area contributed by atoms with Crippen LogP contribution in [0.5, 0.6) is 5.75 Å². The Morgan fingerprint density at radius 2 is 2.21 bits per heavy atom. The molecule has 0 bridgehead atoms. The minimum atomic E-state index is 0.175. The predicted molar refractivity (Wildman–Crippen MR) is 62.7 cm³/mol. The van der Waals surface area contributed by atoms with E-state index in [9.17, 15) is 5.11 Å². The molecule has 1 unspecified atom stereocenters. The molecule has 0 aromatic heterocycles. The van der Waals surface area contributed by atoms with Crippen molar-refractivity contribution in [2.24, 2.45) is 5.73 Å². The lowest BCUT2D eigenvalue weighted by Gasteiger charge is -2.15. The van der Waals surface area contributed by atoms with Crippen molar-refractivity contribution >= 4 is 17.2 Å². The summed E-state index contributed by atoms with van der Waals surface area (Å²) in [6.07, 6.45) is 0.633. The van der Waals surface area contributed by atoms with Gasteiger partial charge >= 0.3 is 0 Å². The van der Waals surface area contributed by atoms with Crippen molar-refractivity contribution in [3.63, 3.8) is 0 Å². The van der Waals surface area contributed by atoms with Crippen LogP contribution in [0.2, 0.25) is 0 Å². The van der Waals surface area contributed by atoms with Gasteiger partial charge in [-0.3, -0.25) is 0 Å². The number of aryl methyl sites for hydroxylation is 1. The quantitative estimate of drug-likeness (QED) is 0.752. The van der Waals surface area contributed by atoms with Crippen molar-refractivity contribution in [3.05, 3.63) is 29.3 Å². The number of hydrogen-bond donors (Lipinski definition) is 2. The van der Waals surface area contributed by atoms with Gasteiger partial charge in [-0.05, 0) is 24.5 Å². The molecule has 0 fully saturated rings. The predicted octanol–water partition coefficient (Wildman–Crippen LogP) is 2.48. The standard InChI is InChI=1S/C11H15NOS/c1-7-4-3-5-9(13)11(7)8(2)6-10(12)14/h3-5,8,13H,6H2,1-2H3,(H2,12,14). The highest BCUT2D eigenvalue weighted by Crippen LogP contribution is 2.30. The Kier molecular flexibility index (Phi) is 3.47. The minimum absolute atomic E-state index is 0.175. The van der Waals surface area contributed by atoms with Crippen LogP contribution in [0, 0.1) is 6.92 Å². The third kappa shape index (κ3) is 2.45. The van der Waals surface area contributed by atoms with E-state index in [1.54, 1.807) is 6.07 Å². The zero-order chi connectivity index (χ0) is 10.7. The number of thiocarbonyl (C=S) groups is 1. The Morgan fingerprint density at radius 3 is 2.71 bits per heavy atom. The van der Waals surface area contributed by atoms with E-state index in [-0.39, 0.29) is 5.92 Å². The molecule has 0 radical (unpaired) electrons. The van der Waals surface area contributed by atoms with E-state index >= 15 is 0 Å². The molecule has 2 nitrogen and oxygen atoms in total. The second-order valence-corrected chi connectivity index (χ2v) is 4.10. The summed E-state index contributed by atoms with van der Waals surface area (Å²) < 4.78 is 0. The second kappa shape index (κ2) is 4.42. The molecule has 0 heterocycles. The number of phenols is 1. The molecule has 76 valence electrons. The third-order valence-electron chi connectivity index (χ3n) is 2.30. The highest BCUT2D eigenvalue weighted by Gasteiger charge is 2.13. The fraction of sp³-hybridized carbons (Fsp3) is 0.364. The first-order valence-electron chi connectivity index (χ1n) is 4.59. The van der Waals surface area contributed by atoms with Gasteiger partial charge in [0, 0.05) is 12.0 Å². The molecule has 1 aromatic rings. The summed E-state index contributed by atoms with van der Waals surface area (Å²) >= 11 is 4.85. The van der Waals surface area contributed by atoms with Gasteiger partial charge in [-0.25, -0.2) is 0 Å². The number of aromatic hydroxyl groups is 1. The molecule has 3 heteroatoms. The molecule has 1 rings (SSSR count). The summed E-state index contributed by atoms with van der Waals surface area (Å²) in [6, 6.07) is 5.51. The van der Waals surface area contributed by atoms with Crippen molar-refractivity contribution < 1.29 is 5.11 Å². The lowest BCUT2D eigenvalue weighted by Crippen LogP contribution is -2.12. The van der Waals surface area contributed by atoms with E-state index in [0.29, 0.717) is 17.2 Å². The fourth-order valence-corrected chi connectivity index (χ4v) is 1.96. The minimum Gasteiger partial charge on any atom is -0.508 e. The Balaban J connectivity index is 2.99. The van der Waals surface area contributed by atoms with Crippen LogP contribution in [0.4, 0.5) is 0 Å². The van der Waals surface area contributed by atoms with Gasteiger partial charge in [0.1, 0.15) is 5.75 Å². The summed E-state index contributed by atoms with van der Waals surface area (Å²) in [5.74, 6) is 0.502. The summed E-state index contributed by atoms with van der Waals surface area (Å²) in [7, 11) is 0. The average molecular weight is 209 g/mol. The maximum atomic E-state index is 9.69. The molecule has 0 aliphatic rings. The molecule has 1 atom stereocenters. The van der Waals surface area contributed by atoms with Crippen LogP contribution in [0.1, 0.15) is 30.4 Å². The number of rotatable bonds is 3. The van der Waals surface area contributed by atoms with E-state index in [2.05, 4.69) is 0 Å². The van der Waals surface area contributed by atoms with E-state index in [1.807, 2.05) is 26.0 Å². The SMILES string of the molecule is Cc1cccc(O)c1C(C)CC(N)=S. The monoisotopic (exact) mass is 209 g/mol. The van der Waals surface area contributed by atoms with Crippen LogP contribution in [0.3, 0.4) is 0 Å². The molecule has 0 saturated carbocycles. The Bertz CT molecular complexity index is 329.